The Kier molecular flexibility index (Phi) is 5.24. The van der Waals surface area contributed by atoms with E-state index in [1.165, 1.54) is 0 Å². The lowest BCUT2D eigenvalue weighted by molar-refractivity contribution is -0.113. The van der Waals surface area contributed by atoms with Gasteiger partial charge < -0.3 is 10.6 Å². The van der Waals surface area contributed by atoms with E-state index in [0.717, 1.165) is 21.7 Å². The summed E-state index contributed by atoms with van der Waals surface area (Å²) in [4.78, 5) is 23.3. The van der Waals surface area contributed by atoms with Crippen molar-refractivity contribution in [3.63, 3.8) is 0 Å². The zero-order chi connectivity index (χ0) is 22.2. The summed E-state index contributed by atoms with van der Waals surface area (Å²) >= 11 is 7.63. The van der Waals surface area contributed by atoms with Gasteiger partial charge >= 0.3 is 0 Å². The highest BCUT2D eigenvalue weighted by molar-refractivity contribution is 7.10. The van der Waals surface area contributed by atoms with E-state index in [2.05, 4.69) is 15.6 Å². The molecule has 1 unspecified atom stereocenters. The lowest BCUT2D eigenvalue weighted by atomic mass is 9.99. The van der Waals surface area contributed by atoms with E-state index in [-0.39, 0.29) is 5.91 Å². The molecule has 0 saturated carbocycles. The first-order valence-corrected chi connectivity index (χ1v) is 11.2. The number of nitrogens with one attached hydrogen (secondary N) is 2. The SMILES string of the molecule is CC1=C(C(=O)Nc2ccccn2)C(c2sccc2C)n2nc(-c3ccc(Cl)cc3)nc2N1. The standard InChI is InChI=1S/C23H19ClN6OS/c1-13-10-12-32-20(13)19-18(22(31)27-17-5-3-4-11-25-17)14(2)26-23-28-21(29-30(19)23)15-6-8-16(24)9-7-15/h3-12,19H,1-2H3,(H,25,27,31)(H,26,28,29). The third kappa shape index (κ3) is 3.68. The molecule has 0 bridgehead atoms. The molecule has 4 heterocycles. The van der Waals surface area contributed by atoms with E-state index in [9.17, 15) is 4.79 Å². The van der Waals surface area contributed by atoms with Crippen LogP contribution in [0.25, 0.3) is 11.4 Å². The second-order valence-corrected chi connectivity index (χ2v) is 8.80. The molecule has 0 spiro atoms. The number of amides is 1. The van der Waals surface area contributed by atoms with Crippen LogP contribution in [0.1, 0.15) is 23.4 Å². The quantitative estimate of drug-likeness (QED) is 0.430. The molecule has 0 saturated heterocycles. The monoisotopic (exact) mass is 462 g/mol. The Morgan fingerprint density at radius 3 is 2.66 bits per heavy atom. The van der Waals surface area contributed by atoms with Crippen LogP contribution in [0.2, 0.25) is 5.02 Å². The highest BCUT2D eigenvalue weighted by atomic mass is 35.5. The van der Waals surface area contributed by atoms with Crippen LogP contribution >= 0.6 is 22.9 Å². The maximum absolute atomic E-state index is 13.4. The predicted octanol–water partition coefficient (Wildman–Crippen LogP) is 5.29. The summed E-state index contributed by atoms with van der Waals surface area (Å²) in [5.41, 5.74) is 3.23. The molecule has 32 heavy (non-hydrogen) atoms. The molecular formula is C23H19ClN6OS. The molecular weight excluding hydrogens is 444 g/mol. The Morgan fingerprint density at radius 2 is 1.97 bits per heavy atom. The number of benzene rings is 1. The maximum atomic E-state index is 13.4. The molecule has 0 radical (unpaired) electrons. The number of hydrogen-bond donors (Lipinski definition) is 2. The number of carbonyl (C=O) groups excluding carboxylic acids is 1. The van der Waals surface area contributed by atoms with E-state index in [0.29, 0.717) is 28.2 Å². The smallest absolute Gasteiger partial charge is 0.257 e. The third-order valence-corrected chi connectivity index (χ3v) is 6.58. The van der Waals surface area contributed by atoms with Crippen LogP contribution in [-0.2, 0) is 4.79 Å². The van der Waals surface area contributed by atoms with Gasteiger partial charge in [-0.25, -0.2) is 9.67 Å². The van der Waals surface area contributed by atoms with Crippen LogP contribution in [0, 0.1) is 6.92 Å². The van der Waals surface area contributed by atoms with Crippen molar-refractivity contribution in [1.82, 2.24) is 19.7 Å². The number of halogens is 1. The second kappa shape index (κ2) is 8.22. The lowest BCUT2D eigenvalue weighted by Crippen LogP contribution is -2.31. The molecule has 2 N–H and O–H groups in total. The van der Waals surface area contributed by atoms with Gasteiger partial charge in [0.05, 0.1) is 5.57 Å². The Bertz CT molecular complexity index is 1330. The summed E-state index contributed by atoms with van der Waals surface area (Å²) in [7, 11) is 0. The number of nitrogens with zero attached hydrogens (tertiary/aromatic N) is 4. The molecule has 0 fully saturated rings. The predicted molar refractivity (Wildman–Crippen MR) is 127 cm³/mol. The number of fused-ring (bicyclic) bond motifs is 1. The Balaban J connectivity index is 1.60. The van der Waals surface area contributed by atoms with Gasteiger partial charge in [0, 0.05) is 27.4 Å². The summed E-state index contributed by atoms with van der Waals surface area (Å²) in [6, 6.07) is 14.4. The van der Waals surface area contributed by atoms with Crippen molar-refractivity contribution >= 4 is 40.6 Å². The molecule has 1 aliphatic heterocycles. The average molecular weight is 463 g/mol. The molecule has 1 amide bonds. The lowest BCUT2D eigenvalue weighted by Gasteiger charge is -2.28. The number of rotatable bonds is 4. The molecule has 4 aromatic rings. The van der Waals surface area contributed by atoms with Crippen LogP contribution < -0.4 is 10.6 Å². The number of carbonyl (C=O) groups is 1. The first-order valence-electron chi connectivity index (χ1n) is 9.98. The van der Waals surface area contributed by atoms with Crippen molar-refractivity contribution < 1.29 is 4.79 Å². The maximum Gasteiger partial charge on any atom is 0.257 e. The van der Waals surface area contributed by atoms with Gasteiger partial charge in [0.15, 0.2) is 5.82 Å². The minimum Gasteiger partial charge on any atom is -0.328 e. The number of aromatic nitrogens is 4. The zero-order valence-corrected chi connectivity index (χ0v) is 18.9. The average Bonchev–Trinajstić information content (AvgIpc) is 3.40. The third-order valence-electron chi connectivity index (χ3n) is 5.26. The van der Waals surface area contributed by atoms with Crippen molar-refractivity contribution in [3.8, 4) is 11.4 Å². The second-order valence-electron chi connectivity index (χ2n) is 7.41. The molecule has 3 aromatic heterocycles. The molecule has 7 nitrogen and oxygen atoms in total. The van der Waals surface area contributed by atoms with Crippen LogP contribution in [0.3, 0.4) is 0 Å². The molecule has 5 rings (SSSR count). The Hall–Kier alpha value is -3.49. The van der Waals surface area contributed by atoms with E-state index in [4.69, 9.17) is 21.7 Å². The van der Waals surface area contributed by atoms with Gasteiger partial charge in [-0.2, -0.15) is 4.98 Å². The van der Waals surface area contributed by atoms with Gasteiger partial charge in [0.2, 0.25) is 5.95 Å². The molecule has 160 valence electrons. The van der Waals surface area contributed by atoms with Crippen molar-refractivity contribution in [2.75, 3.05) is 10.6 Å². The first-order chi connectivity index (χ1) is 15.5. The number of anilines is 2. The largest absolute Gasteiger partial charge is 0.328 e. The Labute approximate surface area is 193 Å². The van der Waals surface area contributed by atoms with E-state index >= 15 is 0 Å². The number of pyridine rings is 1. The fourth-order valence-corrected chi connectivity index (χ4v) is 4.84. The summed E-state index contributed by atoms with van der Waals surface area (Å²) in [5.74, 6) is 1.40. The highest BCUT2D eigenvalue weighted by Crippen LogP contribution is 2.40. The first kappa shape index (κ1) is 20.4. The van der Waals surface area contributed by atoms with E-state index in [1.807, 2.05) is 43.5 Å². The number of thiophene rings is 1. The number of hydrogen-bond acceptors (Lipinski definition) is 6. The topological polar surface area (TPSA) is 84.7 Å². The molecule has 1 aliphatic rings. The van der Waals surface area contributed by atoms with Gasteiger partial charge in [0.1, 0.15) is 11.9 Å². The summed E-state index contributed by atoms with van der Waals surface area (Å²) in [6.45, 7) is 3.91. The summed E-state index contributed by atoms with van der Waals surface area (Å²) < 4.78 is 1.78. The van der Waals surface area contributed by atoms with Gasteiger partial charge in [-0.3, -0.25) is 4.79 Å². The van der Waals surface area contributed by atoms with Gasteiger partial charge in [-0.1, -0.05) is 17.7 Å². The van der Waals surface area contributed by atoms with Crippen LogP contribution in [-0.4, -0.2) is 25.7 Å². The van der Waals surface area contributed by atoms with Gasteiger partial charge in [-0.15, -0.1) is 16.4 Å². The Morgan fingerprint density at radius 1 is 1.16 bits per heavy atom. The van der Waals surface area contributed by atoms with Crippen molar-refractivity contribution in [1.29, 1.82) is 0 Å². The molecule has 1 aromatic carbocycles. The summed E-state index contributed by atoms with van der Waals surface area (Å²) in [6.07, 6.45) is 1.64. The van der Waals surface area contributed by atoms with Gasteiger partial charge in [0.25, 0.3) is 5.91 Å². The normalized spacial score (nSPS) is 15.3. The molecule has 0 aliphatic carbocycles. The highest BCUT2D eigenvalue weighted by Gasteiger charge is 2.36. The van der Waals surface area contributed by atoms with Crippen LogP contribution in [0.4, 0.5) is 11.8 Å². The van der Waals surface area contributed by atoms with Crippen molar-refractivity contribution in [2.45, 2.75) is 19.9 Å². The van der Waals surface area contributed by atoms with Crippen LogP contribution in [0.15, 0.2) is 71.4 Å². The van der Waals surface area contributed by atoms with E-state index in [1.54, 1.807) is 46.5 Å². The van der Waals surface area contributed by atoms with Crippen molar-refractivity contribution in [2.24, 2.45) is 0 Å². The van der Waals surface area contributed by atoms with E-state index < -0.39 is 6.04 Å². The molecule has 1 atom stereocenters. The number of allylic oxidation sites excluding steroid dienone is 1. The summed E-state index contributed by atoms with van der Waals surface area (Å²) in [5, 5.41) is 13.6. The van der Waals surface area contributed by atoms with Crippen molar-refractivity contribution in [3.05, 3.63) is 86.8 Å². The fraction of sp³-hybridized carbons (Fsp3) is 0.130. The zero-order valence-electron chi connectivity index (χ0n) is 17.3. The minimum absolute atomic E-state index is 0.235. The molecule has 9 heteroatoms. The van der Waals surface area contributed by atoms with Crippen LogP contribution in [0.5, 0.6) is 0 Å². The fourth-order valence-electron chi connectivity index (χ4n) is 3.69. The number of aryl methyl sites for hydroxylation is 1. The minimum atomic E-state index is -0.413. The van der Waals surface area contributed by atoms with Gasteiger partial charge in [-0.05, 0) is 67.3 Å².